The van der Waals surface area contributed by atoms with Gasteiger partial charge in [0.05, 0.1) is 17.1 Å². The molecule has 4 nitrogen and oxygen atoms in total. The summed E-state index contributed by atoms with van der Waals surface area (Å²) in [6.07, 6.45) is 1.21. The van der Waals surface area contributed by atoms with Crippen molar-refractivity contribution in [3.05, 3.63) is 69.8 Å². The van der Waals surface area contributed by atoms with Gasteiger partial charge in [-0.25, -0.2) is 8.42 Å². The average Bonchev–Trinajstić information content (AvgIpc) is 2.91. The minimum atomic E-state index is -3.40. The van der Waals surface area contributed by atoms with Crippen molar-refractivity contribution in [1.29, 1.82) is 0 Å². The van der Waals surface area contributed by atoms with Gasteiger partial charge in [-0.05, 0) is 29.8 Å². The highest BCUT2D eigenvalue weighted by Gasteiger charge is 2.30. The van der Waals surface area contributed by atoms with Crippen molar-refractivity contribution in [3.63, 3.8) is 0 Å². The topological polar surface area (TPSA) is 59.3 Å². The van der Waals surface area contributed by atoms with Gasteiger partial charge in [-0.3, -0.25) is 0 Å². The molecule has 0 saturated carbocycles. The van der Waals surface area contributed by atoms with E-state index in [9.17, 15) is 8.42 Å². The Morgan fingerprint density at radius 3 is 2.67 bits per heavy atom. The number of para-hydroxylation sites is 1. The lowest BCUT2D eigenvalue weighted by molar-refractivity contribution is 0.595. The first-order valence-corrected chi connectivity index (χ1v) is 9.67. The number of fused-ring (bicyclic) bond motifs is 3. The fourth-order valence-electron chi connectivity index (χ4n) is 3.03. The fraction of sp³-hybridized carbons (Fsp3) is 0.111. The number of benzene rings is 2. The molecule has 0 radical (unpaired) electrons. The van der Waals surface area contributed by atoms with E-state index in [0.717, 1.165) is 16.6 Å². The zero-order valence-corrected chi connectivity index (χ0v) is 14.4. The molecule has 6 heteroatoms. The Labute approximate surface area is 144 Å². The molecular formula is C18H14ClNO3S. The van der Waals surface area contributed by atoms with Crippen LogP contribution < -0.4 is 5.32 Å². The van der Waals surface area contributed by atoms with Gasteiger partial charge >= 0.3 is 0 Å². The highest BCUT2D eigenvalue weighted by Crippen LogP contribution is 2.43. The molecule has 24 heavy (non-hydrogen) atoms. The van der Waals surface area contributed by atoms with E-state index in [0.29, 0.717) is 26.8 Å². The maximum absolute atomic E-state index is 12.3. The van der Waals surface area contributed by atoms with Crippen LogP contribution in [0.3, 0.4) is 0 Å². The van der Waals surface area contributed by atoms with Gasteiger partial charge in [-0.1, -0.05) is 35.9 Å². The van der Waals surface area contributed by atoms with Crippen LogP contribution in [0.1, 0.15) is 11.3 Å². The molecule has 0 amide bonds. The molecule has 122 valence electrons. The molecule has 0 bridgehead atoms. The molecule has 0 saturated heterocycles. The molecule has 2 heterocycles. The lowest BCUT2D eigenvalue weighted by atomic mass is 9.99. The van der Waals surface area contributed by atoms with Crippen LogP contribution in [0.5, 0.6) is 0 Å². The lowest BCUT2D eigenvalue weighted by Crippen LogP contribution is -2.19. The Kier molecular flexibility index (Phi) is 3.44. The van der Waals surface area contributed by atoms with Crippen molar-refractivity contribution in [1.82, 2.24) is 0 Å². The van der Waals surface area contributed by atoms with E-state index in [-0.39, 0.29) is 6.54 Å². The summed E-state index contributed by atoms with van der Waals surface area (Å²) < 4.78 is 30.6. The van der Waals surface area contributed by atoms with Gasteiger partial charge < -0.3 is 9.73 Å². The second-order valence-electron chi connectivity index (χ2n) is 5.74. The van der Waals surface area contributed by atoms with Crippen LogP contribution in [0.2, 0.25) is 5.02 Å². The summed E-state index contributed by atoms with van der Waals surface area (Å²) in [7, 11) is -3.40. The Morgan fingerprint density at radius 1 is 1.12 bits per heavy atom. The molecule has 2 aromatic carbocycles. The van der Waals surface area contributed by atoms with E-state index in [1.54, 1.807) is 18.2 Å². The second kappa shape index (κ2) is 5.40. The van der Waals surface area contributed by atoms with Crippen molar-refractivity contribution in [2.75, 3.05) is 18.1 Å². The first-order chi connectivity index (χ1) is 11.4. The largest absolute Gasteiger partial charge is 0.454 e. The third-order valence-electron chi connectivity index (χ3n) is 4.09. The van der Waals surface area contributed by atoms with E-state index in [1.807, 2.05) is 30.3 Å². The molecule has 4 rings (SSSR count). The van der Waals surface area contributed by atoms with E-state index < -0.39 is 9.84 Å². The standard InChI is InChI=1S/C18H14ClNO3S/c1-24(21,22)15-10-20-17-13-7-2-3-8-14(13)23-18(17)16(15)11-5-4-6-12(19)9-11/h2-9,20H,10H2,1H3. The maximum atomic E-state index is 12.3. The predicted octanol–water partition coefficient (Wildman–Crippen LogP) is 4.32. The molecule has 0 spiro atoms. The highest BCUT2D eigenvalue weighted by molar-refractivity contribution is 7.94. The first-order valence-electron chi connectivity index (χ1n) is 7.40. The van der Waals surface area contributed by atoms with Crippen LogP contribution >= 0.6 is 11.6 Å². The van der Waals surface area contributed by atoms with Crippen LogP contribution in [-0.4, -0.2) is 21.2 Å². The van der Waals surface area contributed by atoms with Gasteiger partial charge in [0, 0.05) is 22.2 Å². The Bertz CT molecular complexity index is 1100. The van der Waals surface area contributed by atoms with Gasteiger partial charge in [0.2, 0.25) is 0 Å². The molecule has 0 atom stereocenters. The number of hydrogen-bond donors (Lipinski definition) is 1. The zero-order chi connectivity index (χ0) is 16.9. The molecule has 0 unspecified atom stereocenters. The van der Waals surface area contributed by atoms with Crippen molar-refractivity contribution in [2.45, 2.75) is 0 Å². The zero-order valence-electron chi connectivity index (χ0n) is 12.8. The summed E-state index contributed by atoms with van der Waals surface area (Å²) in [4.78, 5) is 0.302. The summed E-state index contributed by atoms with van der Waals surface area (Å²) >= 11 is 6.11. The predicted molar refractivity (Wildman–Crippen MR) is 97.0 cm³/mol. The molecule has 1 aromatic heterocycles. The van der Waals surface area contributed by atoms with Gasteiger partial charge in [0.25, 0.3) is 0 Å². The average molecular weight is 360 g/mol. The first kappa shape index (κ1) is 15.3. The van der Waals surface area contributed by atoms with Gasteiger partial charge in [-0.15, -0.1) is 0 Å². The number of anilines is 1. The van der Waals surface area contributed by atoms with Crippen molar-refractivity contribution in [2.24, 2.45) is 0 Å². The van der Waals surface area contributed by atoms with Crippen molar-refractivity contribution in [3.8, 4) is 0 Å². The summed E-state index contributed by atoms with van der Waals surface area (Å²) in [5.74, 6) is 0.533. The number of halogens is 1. The van der Waals surface area contributed by atoms with Crippen LogP contribution in [0.4, 0.5) is 5.69 Å². The van der Waals surface area contributed by atoms with Crippen LogP contribution in [0.15, 0.2) is 57.9 Å². The molecule has 1 aliphatic heterocycles. The second-order valence-corrected chi connectivity index (χ2v) is 8.21. The summed E-state index contributed by atoms with van der Waals surface area (Å²) in [6, 6.07) is 14.8. The molecule has 3 aromatic rings. The summed E-state index contributed by atoms with van der Waals surface area (Å²) in [6.45, 7) is 0.219. The Balaban J connectivity index is 2.09. The Hall–Kier alpha value is -2.24. The number of nitrogens with one attached hydrogen (secondary N) is 1. The van der Waals surface area contributed by atoms with Crippen LogP contribution in [0, 0.1) is 0 Å². The van der Waals surface area contributed by atoms with E-state index in [4.69, 9.17) is 16.0 Å². The summed E-state index contributed by atoms with van der Waals surface area (Å²) in [5.41, 5.74) is 2.83. The van der Waals surface area contributed by atoms with Crippen molar-refractivity contribution < 1.29 is 12.8 Å². The minimum absolute atomic E-state index is 0.219. The number of rotatable bonds is 2. The monoisotopic (exact) mass is 359 g/mol. The highest BCUT2D eigenvalue weighted by atomic mass is 35.5. The molecular weight excluding hydrogens is 346 g/mol. The van der Waals surface area contributed by atoms with Gasteiger partial charge in [0.1, 0.15) is 5.58 Å². The van der Waals surface area contributed by atoms with Crippen LogP contribution in [-0.2, 0) is 9.84 Å². The van der Waals surface area contributed by atoms with Gasteiger partial charge in [-0.2, -0.15) is 0 Å². The smallest absolute Gasteiger partial charge is 0.174 e. The van der Waals surface area contributed by atoms with Gasteiger partial charge in [0.15, 0.2) is 15.6 Å². The molecule has 1 N–H and O–H groups in total. The SMILES string of the molecule is CS(=O)(=O)C1=C(c2cccc(Cl)c2)c2oc3ccccc3c2NC1. The molecule has 1 aliphatic rings. The molecule has 0 aliphatic carbocycles. The third-order valence-corrected chi connectivity index (χ3v) is 5.57. The van der Waals surface area contributed by atoms with Crippen LogP contribution in [0.25, 0.3) is 16.5 Å². The molecule has 0 fully saturated rings. The Morgan fingerprint density at radius 2 is 1.92 bits per heavy atom. The quantitative estimate of drug-likeness (QED) is 0.740. The van der Waals surface area contributed by atoms with E-state index in [2.05, 4.69) is 5.32 Å². The fourth-order valence-corrected chi connectivity index (χ4v) is 4.14. The minimum Gasteiger partial charge on any atom is -0.454 e. The lowest BCUT2D eigenvalue weighted by Gasteiger charge is -2.20. The summed E-state index contributed by atoms with van der Waals surface area (Å²) in [5, 5.41) is 4.67. The van der Waals surface area contributed by atoms with E-state index in [1.165, 1.54) is 6.26 Å². The van der Waals surface area contributed by atoms with Crippen molar-refractivity contribution >= 4 is 43.7 Å². The maximum Gasteiger partial charge on any atom is 0.174 e. The number of sulfone groups is 1. The van der Waals surface area contributed by atoms with E-state index >= 15 is 0 Å². The number of furan rings is 1. The third kappa shape index (κ3) is 2.41. The number of hydrogen-bond acceptors (Lipinski definition) is 4. The normalized spacial score (nSPS) is 14.6.